The summed E-state index contributed by atoms with van der Waals surface area (Å²) >= 11 is 0. The van der Waals surface area contributed by atoms with E-state index in [9.17, 15) is 4.79 Å². The summed E-state index contributed by atoms with van der Waals surface area (Å²) in [4.78, 5) is 20.1. The lowest BCUT2D eigenvalue weighted by Crippen LogP contribution is -2.31. The molecule has 0 spiro atoms. The summed E-state index contributed by atoms with van der Waals surface area (Å²) in [7, 11) is 0. The molecule has 3 aliphatic heterocycles. The van der Waals surface area contributed by atoms with E-state index in [1.165, 1.54) is 23.1 Å². The number of aryl methyl sites for hydroxylation is 2. The van der Waals surface area contributed by atoms with Crippen molar-refractivity contribution in [1.82, 2.24) is 9.88 Å². The highest BCUT2D eigenvalue weighted by atomic mass is 16.5. The fraction of sp³-hybridized carbons (Fsp3) is 0.538. The first-order valence-electron chi connectivity index (χ1n) is 12.0. The number of carbonyl (C=O) groups excluding carboxylic acids is 1. The van der Waals surface area contributed by atoms with Crippen LogP contribution in [0.1, 0.15) is 67.5 Å². The average molecular weight is 420 g/mol. The molecule has 5 rings (SSSR count). The van der Waals surface area contributed by atoms with Crippen LogP contribution in [-0.2, 0) is 24.1 Å². The van der Waals surface area contributed by atoms with E-state index in [0.717, 1.165) is 81.9 Å². The van der Waals surface area contributed by atoms with Gasteiger partial charge in [-0.2, -0.15) is 0 Å². The molecule has 0 bridgehead atoms. The molecule has 2 unspecified atom stereocenters. The number of hydrogen-bond acceptors (Lipinski definition) is 4. The Kier molecular flexibility index (Phi) is 5.84. The number of amides is 1. The van der Waals surface area contributed by atoms with Gasteiger partial charge in [-0.15, -0.1) is 0 Å². The van der Waals surface area contributed by atoms with Crippen molar-refractivity contribution in [2.75, 3.05) is 25.0 Å². The summed E-state index contributed by atoms with van der Waals surface area (Å²) in [5.74, 6) is 2.55. The maximum absolute atomic E-state index is 13.2. The number of pyridine rings is 1. The number of carbonyl (C=O) groups is 1. The molecule has 2 aromatic rings. The number of fused-ring (bicyclic) bond motifs is 2. The summed E-state index contributed by atoms with van der Waals surface area (Å²) in [5.41, 5.74) is 4.97. The Morgan fingerprint density at radius 3 is 3.03 bits per heavy atom. The Bertz CT molecular complexity index is 958. The van der Waals surface area contributed by atoms with E-state index in [2.05, 4.69) is 47.5 Å². The van der Waals surface area contributed by atoms with Crippen molar-refractivity contribution < 1.29 is 9.53 Å². The molecule has 1 amide bonds. The summed E-state index contributed by atoms with van der Waals surface area (Å²) in [5, 5.41) is 3.42. The lowest BCUT2D eigenvalue weighted by atomic mass is 9.98. The molecule has 2 atom stereocenters. The van der Waals surface area contributed by atoms with Gasteiger partial charge in [-0.25, -0.2) is 4.98 Å². The van der Waals surface area contributed by atoms with Crippen molar-refractivity contribution in [3.05, 3.63) is 52.7 Å². The fourth-order valence-electron chi connectivity index (χ4n) is 5.40. The largest absolute Gasteiger partial charge is 0.493 e. The van der Waals surface area contributed by atoms with Crippen LogP contribution in [0.5, 0.6) is 5.75 Å². The number of hydrogen-bond donors (Lipinski definition) is 1. The molecule has 31 heavy (non-hydrogen) atoms. The van der Waals surface area contributed by atoms with Gasteiger partial charge in [0.1, 0.15) is 11.6 Å². The van der Waals surface area contributed by atoms with Gasteiger partial charge in [0.15, 0.2) is 0 Å². The number of likely N-dealkylation sites (tertiary alicyclic amines) is 1. The lowest BCUT2D eigenvalue weighted by Gasteiger charge is -2.28. The molecule has 1 aromatic heterocycles. The molecule has 164 valence electrons. The van der Waals surface area contributed by atoms with Crippen molar-refractivity contribution in [1.29, 1.82) is 0 Å². The molecule has 0 saturated carbocycles. The molecule has 0 aliphatic carbocycles. The van der Waals surface area contributed by atoms with Gasteiger partial charge in [0.25, 0.3) is 0 Å². The van der Waals surface area contributed by atoms with Crippen molar-refractivity contribution in [2.24, 2.45) is 5.92 Å². The molecule has 4 heterocycles. The fourth-order valence-corrected chi connectivity index (χ4v) is 5.40. The Morgan fingerprint density at radius 1 is 1.23 bits per heavy atom. The second-order valence-corrected chi connectivity index (χ2v) is 9.14. The Morgan fingerprint density at radius 2 is 2.13 bits per heavy atom. The van der Waals surface area contributed by atoms with Crippen LogP contribution >= 0.6 is 0 Å². The van der Waals surface area contributed by atoms with Crippen molar-refractivity contribution in [3.63, 3.8) is 0 Å². The molecule has 0 radical (unpaired) electrons. The topological polar surface area (TPSA) is 54.5 Å². The maximum Gasteiger partial charge on any atom is 0.226 e. The second kappa shape index (κ2) is 8.89. The highest BCUT2D eigenvalue weighted by molar-refractivity contribution is 5.81. The molecule has 5 heteroatoms. The smallest absolute Gasteiger partial charge is 0.226 e. The predicted molar refractivity (Wildman–Crippen MR) is 122 cm³/mol. The van der Waals surface area contributed by atoms with E-state index < -0.39 is 0 Å². The second-order valence-electron chi connectivity index (χ2n) is 9.14. The Labute approximate surface area is 185 Å². The number of rotatable bonds is 7. The van der Waals surface area contributed by atoms with E-state index >= 15 is 0 Å². The number of anilines is 1. The normalized spacial score (nSPS) is 20.7. The summed E-state index contributed by atoms with van der Waals surface area (Å²) in [6, 6.07) is 11.1. The third kappa shape index (κ3) is 4.15. The molecule has 1 aromatic carbocycles. The Balaban J connectivity index is 1.18. The van der Waals surface area contributed by atoms with Gasteiger partial charge in [-0.1, -0.05) is 25.1 Å². The van der Waals surface area contributed by atoms with E-state index in [0.29, 0.717) is 5.91 Å². The summed E-state index contributed by atoms with van der Waals surface area (Å²) < 4.78 is 5.76. The SMILES string of the molecule is CCC(c1ccc2c(c1)OCC2)N1CCC(CCCc2ccc3c(n2)NCCC3)C1=O. The molecular formula is C26H33N3O2. The number of benzene rings is 1. The number of nitrogens with one attached hydrogen (secondary N) is 1. The summed E-state index contributed by atoms with van der Waals surface area (Å²) in [6.45, 7) is 4.83. The molecule has 1 saturated heterocycles. The van der Waals surface area contributed by atoms with Crippen molar-refractivity contribution in [3.8, 4) is 5.75 Å². The monoisotopic (exact) mass is 419 g/mol. The highest BCUT2D eigenvalue weighted by Crippen LogP contribution is 2.36. The van der Waals surface area contributed by atoms with Gasteiger partial charge in [-0.3, -0.25) is 4.79 Å². The van der Waals surface area contributed by atoms with Gasteiger partial charge >= 0.3 is 0 Å². The van der Waals surface area contributed by atoms with Crippen molar-refractivity contribution >= 4 is 11.7 Å². The van der Waals surface area contributed by atoms with E-state index in [-0.39, 0.29) is 12.0 Å². The van der Waals surface area contributed by atoms with Crippen LogP contribution in [-0.4, -0.2) is 35.5 Å². The average Bonchev–Trinajstić information content (AvgIpc) is 3.41. The molecule has 5 nitrogen and oxygen atoms in total. The number of nitrogens with zero attached hydrogens (tertiary/aromatic N) is 2. The van der Waals surface area contributed by atoms with Crippen LogP contribution in [0.4, 0.5) is 5.82 Å². The van der Waals surface area contributed by atoms with Crippen LogP contribution in [0.2, 0.25) is 0 Å². The third-order valence-electron chi connectivity index (χ3n) is 7.16. The van der Waals surface area contributed by atoms with Gasteiger partial charge in [0.05, 0.1) is 12.6 Å². The maximum atomic E-state index is 13.2. The van der Waals surface area contributed by atoms with Crippen LogP contribution in [0.25, 0.3) is 0 Å². The van der Waals surface area contributed by atoms with Gasteiger partial charge in [0, 0.05) is 31.1 Å². The molecule has 1 N–H and O–H groups in total. The van der Waals surface area contributed by atoms with Crippen molar-refractivity contribution in [2.45, 2.75) is 64.3 Å². The van der Waals surface area contributed by atoms with Crippen LogP contribution in [0, 0.1) is 5.92 Å². The van der Waals surface area contributed by atoms with Crippen LogP contribution in [0.3, 0.4) is 0 Å². The first-order valence-corrected chi connectivity index (χ1v) is 12.0. The summed E-state index contributed by atoms with van der Waals surface area (Å²) in [6.07, 6.45) is 8.11. The third-order valence-corrected chi connectivity index (χ3v) is 7.16. The lowest BCUT2D eigenvalue weighted by molar-refractivity contribution is -0.133. The van der Waals surface area contributed by atoms with E-state index in [4.69, 9.17) is 9.72 Å². The molecular weight excluding hydrogens is 386 g/mol. The van der Waals surface area contributed by atoms with Gasteiger partial charge < -0.3 is 15.0 Å². The van der Waals surface area contributed by atoms with Gasteiger partial charge in [0.2, 0.25) is 5.91 Å². The molecule has 3 aliphatic rings. The van der Waals surface area contributed by atoms with Crippen LogP contribution in [0.15, 0.2) is 30.3 Å². The highest BCUT2D eigenvalue weighted by Gasteiger charge is 2.35. The minimum atomic E-state index is 0.149. The zero-order chi connectivity index (χ0) is 21.2. The standard InChI is InChI=1S/C26H33N3O2/c1-2-23(21-9-8-18-13-16-31-24(18)17-21)29-15-12-20(26(29)30)5-3-7-22-11-10-19-6-4-14-27-25(19)28-22/h8-11,17,20,23H,2-7,12-16H2,1H3,(H,27,28). The number of aromatic nitrogens is 1. The first kappa shape index (κ1) is 20.3. The van der Waals surface area contributed by atoms with E-state index in [1.54, 1.807) is 0 Å². The zero-order valence-corrected chi connectivity index (χ0v) is 18.5. The minimum Gasteiger partial charge on any atom is -0.493 e. The van der Waals surface area contributed by atoms with Crippen LogP contribution < -0.4 is 10.1 Å². The predicted octanol–water partition coefficient (Wildman–Crippen LogP) is 4.70. The minimum absolute atomic E-state index is 0.149. The Hall–Kier alpha value is -2.56. The number of ether oxygens (including phenoxy) is 1. The molecule has 1 fully saturated rings. The zero-order valence-electron chi connectivity index (χ0n) is 18.5. The first-order chi connectivity index (χ1) is 15.2. The quantitative estimate of drug-likeness (QED) is 0.707. The van der Waals surface area contributed by atoms with E-state index in [1.807, 2.05) is 0 Å². The van der Waals surface area contributed by atoms with Gasteiger partial charge in [-0.05, 0) is 73.8 Å².